The first-order valence-corrected chi connectivity index (χ1v) is 11.9. The van der Waals surface area contributed by atoms with Gasteiger partial charge in [-0.05, 0) is 64.0 Å². The molecular weight excluding hydrogens is 406 g/mol. The standard InChI is InChI=1S/C26H37NO5/c1-5-32-26(30)22(15-14-18-10-7-6-8-11-18)27(3)17(2)24(28)23-20-13-9-12-19(20)16-21(23)25(29)31-4/h6-8,10-11,17,19-23H,5,9,12-16H2,1-4H3/t17-,19-,20-,21+,22-,23?/m0/s1. The second kappa shape index (κ2) is 11.1. The van der Waals surface area contributed by atoms with E-state index in [0.717, 1.165) is 31.2 Å². The van der Waals surface area contributed by atoms with Gasteiger partial charge in [-0.15, -0.1) is 0 Å². The van der Waals surface area contributed by atoms with Crippen LogP contribution in [0.3, 0.4) is 0 Å². The molecule has 6 heteroatoms. The molecule has 1 unspecified atom stereocenters. The number of esters is 2. The minimum atomic E-state index is -0.522. The summed E-state index contributed by atoms with van der Waals surface area (Å²) < 4.78 is 10.4. The normalized spacial score (nSPS) is 26.4. The van der Waals surface area contributed by atoms with E-state index in [1.54, 1.807) is 6.92 Å². The molecule has 176 valence electrons. The molecule has 2 aliphatic rings. The van der Waals surface area contributed by atoms with E-state index >= 15 is 0 Å². The van der Waals surface area contributed by atoms with Crippen LogP contribution in [0.4, 0.5) is 0 Å². The molecule has 2 saturated carbocycles. The Kier molecular flexibility index (Phi) is 8.46. The molecule has 1 aromatic carbocycles. The summed E-state index contributed by atoms with van der Waals surface area (Å²) in [6, 6.07) is 9.00. The number of hydrogen-bond acceptors (Lipinski definition) is 6. The second-order valence-corrected chi connectivity index (χ2v) is 9.28. The van der Waals surface area contributed by atoms with Gasteiger partial charge in [-0.25, -0.2) is 0 Å². The van der Waals surface area contributed by atoms with Gasteiger partial charge >= 0.3 is 11.9 Å². The van der Waals surface area contributed by atoms with E-state index in [-0.39, 0.29) is 35.5 Å². The van der Waals surface area contributed by atoms with Gasteiger partial charge in [0.05, 0.1) is 25.7 Å². The summed E-state index contributed by atoms with van der Waals surface area (Å²) in [6.07, 6.45) is 5.19. The third-order valence-electron chi connectivity index (χ3n) is 7.62. The molecule has 0 bridgehead atoms. The van der Waals surface area contributed by atoms with E-state index in [0.29, 0.717) is 25.4 Å². The van der Waals surface area contributed by atoms with Crippen molar-refractivity contribution in [1.29, 1.82) is 0 Å². The minimum Gasteiger partial charge on any atom is -0.469 e. The fraction of sp³-hybridized carbons (Fsp3) is 0.654. The molecular formula is C26H37NO5. The highest BCUT2D eigenvalue weighted by atomic mass is 16.5. The number of aryl methyl sites for hydroxylation is 1. The number of ether oxygens (including phenoxy) is 2. The zero-order valence-electron chi connectivity index (χ0n) is 19.8. The quantitative estimate of drug-likeness (QED) is 0.514. The van der Waals surface area contributed by atoms with E-state index in [2.05, 4.69) is 0 Å². The van der Waals surface area contributed by atoms with E-state index in [1.807, 2.05) is 49.2 Å². The van der Waals surface area contributed by atoms with Crippen molar-refractivity contribution >= 4 is 17.7 Å². The first-order chi connectivity index (χ1) is 15.4. The summed E-state index contributed by atoms with van der Waals surface area (Å²) in [4.78, 5) is 40.8. The van der Waals surface area contributed by atoms with Crippen molar-refractivity contribution < 1.29 is 23.9 Å². The molecule has 0 saturated heterocycles. The van der Waals surface area contributed by atoms with Gasteiger partial charge in [0.25, 0.3) is 0 Å². The maximum Gasteiger partial charge on any atom is 0.323 e. The first kappa shape index (κ1) is 24.4. The van der Waals surface area contributed by atoms with Gasteiger partial charge in [-0.3, -0.25) is 19.3 Å². The van der Waals surface area contributed by atoms with E-state index < -0.39 is 12.1 Å². The number of carbonyl (C=O) groups is 3. The van der Waals surface area contributed by atoms with Crippen molar-refractivity contribution in [3.63, 3.8) is 0 Å². The molecule has 1 aromatic rings. The molecule has 2 aliphatic carbocycles. The third kappa shape index (κ3) is 5.22. The maximum absolute atomic E-state index is 13.7. The van der Waals surface area contributed by atoms with Gasteiger partial charge < -0.3 is 9.47 Å². The first-order valence-electron chi connectivity index (χ1n) is 11.9. The van der Waals surface area contributed by atoms with Crippen molar-refractivity contribution in [1.82, 2.24) is 4.90 Å². The smallest absolute Gasteiger partial charge is 0.323 e. The van der Waals surface area contributed by atoms with Gasteiger partial charge in [0, 0.05) is 5.92 Å². The number of rotatable bonds is 10. The van der Waals surface area contributed by atoms with Gasteiger partial charge in [-0.2, -0.15) is 0 Å². The van der Waals surface area contributed by atoms with Crippen LogP contribution in [0.15, 0.2) is 30.3 Å². The lowest BCUT2D eigenvalue weighted by molar-refractivity contribution is -0.154. The van der Waals surface area contributed by atoms with E-state index in [4.69, 9.17) is 9.47 Å². The lowest BCUT2D eigenvalue weighted by Crippen LogP contribution is -2.50. The molecule has 2 fully saturated rings. The predicted molar refractivity (Wildman–Crippen MR) is 122 cm³/mol. The monoisotopic (exact) mass is 443 g/mol. The lowest BCUT2D eigenvalue weighted by atomic mass is 9.81. The Bertz CT molecular complexity index is 795. The highest BCUT2D eigenvalue weighted by molar-refractivity contribution is 5.91. The van der Waals surface area contributed by atoms with Crippen LogP contribution in [0.5, 0.6) is 0 Å². The van der Waals surface area contributed by atoms with Crippen LogP contribution in [0.25, 0.3) is 0 Å². The number of likely N-dealkylation sites (N-methyl/N-ethyl adjacent to an activating group) is 1. The van der Waals surface area contributed by atoms with Crippen LogP contribution in [0.2, 0.25) is 0 Å². The average molecular weight is 444 g/mol. The Morgan fingerprint density at radius 1 is 1.16 bits per heavy atom. The molecule has 0 amide bonds. The molecule has 3 rings (SSSR count). The summed E-state index contributed by atoms with van der Waals surface area (Å²) >= 11 is 0. The maximum atomic E-state index is 13.7. The van der Waals surface area contributed by atoms with Crippen LogP contribution < -0.4 is 0 Å². The SMILES string of the molecule is CCOC(=O)[C@H](CCc1ccccc1)N(C)[C@@H](C)C(=O)C1[C@H]2CCC[C@H]2C[C@H]1C(=O)OC. The molecule has 6 nitrogen and oxygen atoms in total. The van der Waals surface area contributed by atoms with Crippen LogP contribution in [0.1, 0.15) is 51.5 Å². The molecule has 6 atom stereocenters. The Morgan fingerprint density at radius 3 is 2.53 bits per heavy atom. The van der Waals surface area contributed by atoms with Crippen molar-refractivity contribution in [2.45, 2.75) is 64.5 Å². The minimum absolute atomic E-state index is 0.0475. The van der Waals surface area contributed by atoms with Crippen LogP contribution in [0, 0.1) is 23.7 Å². The number of methoxy groups -OCH3 is 1. The molecule has 0 radical (unpaired) electrons. The molecule has 0 heterocycles. The van der Waals surface area contributed by atoms with Gasteiger partial charge in [-0.1, -0.05) is 43.2 Å². The third-order valence-corrected chi connectivity index (χ3v) is 7.62. The van der Waals surface area contributed by atoms with Crippen LogP contribution >= 0.6 is 0 Å². The molecule has 0 spiro atoms. The average Bonchev–Trinajstić information content (AvgIpc) is 3.40. The van der Waals surface area contributed by atoms with E-state index in [9.17, 15) is 14.4 Å². The Labute approximate surface area is 191 Å². The highest BCUT2D eigenvalue weighted by Gasteiger charge is 2.53. The molecule has 0 aliphatic heterocycles. The Balaban J connectivity index is 1.76. The fourth-order valence-electron chi connectivity index (χ4n) is 5.83. The van der Waals surface area contributed by atoms with Crippen molar-refractivity contribution in [2.24, 2.45) is 23.7 Å². The fourth-order valence-corrected chi connectivity index (χ4v) is 5.83. The summed E-state index contributed by atoms with van der Waals surface area (Å²) in [5, 5.41) is 0. The molecule has 0 N–H and O–H groups in total. The number of nitrogens with zero attached hydrogens (tertiary/aromatic N) is 1. The van der Waals surface area contributed by atoms with Crippen molar-refractivity contribution in [3.8, 4) is 0 Å². The number of fused-ring (bicyclic) bond motifs is 1. The molecule has 0 aromatic heterocycles. The largest absolute Gasteiger partial charge is 0.469 e. The number of Topliss-reactive ketones (excluding diaryl/α,β-unsaturated/α-hetero) is 1. The lowest BCUT2D eigenvalue weighted by Gasteiger charge is -2.34. The Hall–Kier alpha value is -2.21. The number of ketones is 1. The summed E-state index contributed by atoms with van der Waals surface area (Å²) in [6.45, 7) is 3.95. The van der Waals surface area contributed by atoms with E-state index in [1.165, 1.54) is 7.11 Å². The summed E-state index contributed by atoms with van der Waals surface area (Å²) in [5.74, 6) is -0.573. The molecule has 32 heavy (non-hydrogen) atoms. The zero-order valence-corrected chi connectivity index (χ0v) is 19.8. The zero-order chi connectivity index (χ0) is 23.3. The predicted octanol–water partition coefficient (Wildman–Crippen LogP) is 3.67. The van der Waals surface area contributed by atoms with Crippen molar-refractivity contribution in [3.05, 3.63) is 35.9 Å². The summed E-state index contributed by atoms with van der Waals surface area (Å²) in [5.41, 5.74) is 1.14. The van der Waals surface area contributed by atoms with Crippen LogP contribution in [-0.4, -0.2) is 55.5 Å². The van der Waals surface area contributed by atoms with Gasteiger partial charge in [0.2, 0.25) is 0 Å². The number of carbonyl (C=O) groups excluding carboxylic acids is 3. The van der Waals surface area contributed by atoms with Gasteiger partial charge in [0.1, 0.15) is 6.04 Å². The second-order valence-electron chi connectivity index (χ2n) is 9.28. The number of benzene rings is 1. The topological polar surface area (TPSA) is 72.9 Å². The number of hydrogen-bond donors (Lipinski definition) is 0. The van der Waals surface area contributed by atoms with Gasteiger partial charge in [0.15, 0.2) is 5.78 Å². The van der Waals surface area contributed by atoms with Crippen molar-refractivity contribution in [2.75, 3.05) is 20.8 Å². The highest BCUT2D eigenvalue weighted by Crippen LogP contribution is 2.51. The van der Waals surface area contributed by atoms with Crippen LogP contribution in [-0.2, 0) is 30.3 Å². The Morgan fingerprint density at radius 2 is 1.88 bits per heavy atom. The summed E-state index contributed by atoms with van der Waals surface area (Å²) in [7, 11) is 3.22.